The Morgan fingerprint density at radius 2 is 1.68 bits per heavy atom. The second-order valence-corrected chi connectivity index (χ2v) is 10.7. The molecule has 1 heterocycles. The number of benzene rings is 3. The third kappa shape index (κ3) is 6.26. The first-order valence-electron chi connectivity index (χ1n) is 13.8. The second kappa shape index (κ2) is 12.5. The number of carbonyl (C=O) groups excluding carboxylic acids is 3. The predicted octanol–water partition coefficient (Wildman–Crippen LogP) is 6.60. The van der Waals surface area contributed by atoms with Gasteiger partial charge >= 0.3 is 0 Å². The Labute approximate surface area is 238 Å². The molecular formula is C32H32ClN3O4. The fourth-order valence-corrected chi connectivity index (χ4v) is 5.50. The normalized spacial score (nSPS) is 15.3. The van der Waals surface area contributed by atoms with E-state index in [1.54, 1.807) is 24.3 Å². The van der Waals surface area contributed by atoms with E-state index in [0.717, 1.165) is 43.2 Å². The number of para-hydroxylation sites is 2. The van der Waals surface area contributed by atoms with Crippen LogP contribution in [0.2, 0.25) is 5.02 Å². The van der Waals surface area contributed by atoms with Crippen molar-refractivity contribution in [2.75, 3.05) is 0 Å². The zero-order valence-corrected chi connectivity index (χ0v) is 23.1. The maximum absolute atomic E-state index is 13.6. The second-order valence-electron chi connectivity index (χ2n) is 10.3. The summed E-state index contributed by atoms with van der Waals surface area (Å²) in [6.07, 6.45) is 5.14. The van der Waals surface area contributed by atoms with Crippen molar-refractivity contribution in [3.05, 3.63) is 89.3 Å². The number of Topliss-reactive ketones (excluding diaryl/α,β-unsaturated/α-hetero) is 1. The number of nitrogens with one attached hydrogen (secondary N) is 2. The molecule has 0 radical (unpaired) electrons. The molecule has 0 bridgehead atoms. The van der Waals surface area contributed by atoms with Crippen LogP contribution in [0.25, 0.3) is 22.2 Å². The van der Waals surface area contributed by atoms with Gasteiger partial charge in [0.1, 0.15) is 11.6 Å². The Kier molecular flexibility index (Phi) is 8.60. The average Bonchev–Trinajstić information content (AvgIpc) is 3.43. The maximum atomic E-state index is 13.6. The number of ketones is 1. The average molecular weight is 558 g/mol. The SMILES string of the molecule is CC[C@H](NC(=O)[C@@H](NC(=O)c1ccc(-c2cccc(Cl)c2)cc1)C1CCCCC1)C(=O)c1nc2ccccc2o1. The maximum Gasteiger partial charge on any atom is 0.266 e. The van der Waals surface area contributed by atoms with Crippen LogP contribution in [0, 0.1) is 5.92 Å². The first kappa shape index (κ1) is 27.6. The Morgan fingerprint density at radius 1 is 0.925 bits per heavy atom. The summed E-state index contributed by atoms with van der Waals surface area (Å²) in [6.45, 7) is 1.82. The van der Waals surface area contributed by atoms with Crippen molar-refractivity contribution in [1.29, 1.82) is 0 Å². The molecule has 3 aromatic carbocycles. The summed E-state index contributed by atoms with van der Waals surface area (Å²) in [7, 11) is 0. The number of rotatable bonds is 9. The molecule has 1 fully saturated rings. The summed E-state index contributed by atoms with van der Waals surface area (Å²) in [5, 5.41) is 6.50. The summed E-state index contributed by atoms with van der Waals surface area (Å²) in [6, 6.07) is 20.3. The highest BCUT2D eigenvalue weighted by atomic mass is 35.5. The molecule has 2 atom stereocenters. The van der Waals surface area contributed by atoms with Crippen molar-refractivity contribution in [2.24, 2.45) is 5.92 Å². The van der Waals surface area contributed by atoms with Crippen LogP contribution in [0.5, 0.6) is 0 Å². The number of fused-ring (bicyclic) bond motifs is 1. The Balaban J connectivity index is 1.31. The molecule has 5 rings (SSSR count). The van der Waals surface area contributed by atoms with Crippen LogP contribution < -0.4 is 10.6 Å². The van der Waals surface area contributed by atoms with E-state index in [1.165, 1.54) is 0 Å². The molecule has 2 amide bonds. The lowest BCUT2D eigenvalue weighted by atomic mass is 9.83. The van der Waals surface area contributed by atoms with Crippen LogP contribution in [0.3, 0.4) is 0 Å². The molecule has 0 aliphatic heterocycles. The molecule has 0 saturated heterocycles. The van der Waals surface area contributed by atoms with E-state index in [-0.39, 0.29) is 23.6 Å². The lowest BCUT2D eigenvalue weighted by Crippen LogP contribution is -2.54. The van der Waals surface area contributed by atoms with Crippen LogP contribution in [0.15, 0.2) is 77.2 Å². The van der Waals surface area contributed by atoms with Gasteiger partial charge in [0, 0.05) is 10.6 Å². The third-order valence-corrected chi connectivity index (χ3v) is 7.78. The van der Waals surface area contributed by atoms with Crippen molar-refractivity contribution in [3.8, 4) is 11.1 Å². The van der Waals surface area contributed by atoms with Gasteiger partial charge in [-0.1, -0.05) is 74.2 Å². The zero-order chi connectivity index (χ0) is 28.1. The van der Waals surface area contributed by atoms with Crippen molar-refractivity contribution < 1.29 is 18.8 Å². The van der Waals surface area contributed by atoms with Gasteiger partial charge in [-0.2, -0.15) is 0 Å². The Bertz CT molecular complexity index is 1480. The van der Waals surface area contributed by atoms with Crippen LogP contribution >= 0.6 is 11.6 Å². The summed E-state index contributed by atoms with van der Waals surface area (Å²) in [5.41, 5.74) is 3.44. The van der Waals surface area contributed by atoms with E-state index < -0.39 is 17.9 Å². The summed E-state index contributed by atoms with van der Waals surface area (Å²) in [4.78, 5) is 44.5. The van der Waals surface area contributed by atoms with Crippen LogP contribution in [0.1, 0.15) is 66.5 Å². The molecule has 0 unspecified atom stereocenters. The van der Waals surface area contributed by atoms with Gasteiger partial charge in [0.2, 0.25) is 11.7 Å². The van der Waals surface area contributed by atoms with E-state index in [0.29, 0.717) is 28.1 Å². The van der Waals surface area contributed by atoms with Gasteiger partial charge in [-0.3, -0.25) is 14.4 Å². The lowest BCUT2D eigenvalue weighted by molar-refractivity contribution is -0.125. The summed E-state index contributed by atoms with van der Waals surface area (Å²) < 4.78 is 5.65. The van der Waals surface area contributed by atoms with E-state index in [2.05, 4.69) is 15.6 Å². The van der Waals surface area contributed by atoms with Crippen LogP contribution in [-0.4, -0.2) is 34.7 Å². The van der Waals surface area contributed by atoms with Crippen LogP contribution in [-0.2, 0) is 4.79 Å². The molecule has 1 aliphatic rings. The number of hydrogen-bond acceptors (Lipinski definition) is 5. The van der Waals surface area contributed by atoms with E-state index in [4.69, 9.17) is 16.0 Å². The fourth-order valence-electron chi connectivity index (χ4n) is 5.31. The van der Waals surface area contributed by atoms with Gasteiger partial charge in [-0.15, -0.1) is 0 Å². The van der Waals surface area contributed by atoms with Gasteiger partial charge in [-0.25, -0.2) is 4.98 Å². The monoisotopic (exact) mass is 557 g/mol. The molecule has 0 spiro atoms. The minimum Gasteiger partial charge on any atom is -0.434 e. The van der Waals surface area contributed by atoms with Gasteiger partial charge in [0.05, 0.1) is 6.04 Å². The van der Waals surface area contributed by atoms with Crippen molar-refractivity contribution >= 4 is 40.3 Å². The smallest absolute Gasteiger partial charge is 0.266 e. The largest absolute Gasteiger partial charge is 0.434 e. The molecule has 8 heteroatoms. The topological polar surface area (TPSA) is 101 Å². The number of oxazole rings is 1. The molecule has 206 valence electrons. The van der Waals surface area contributed by atoms with Gasteiger partial charge < -0.3 is 15.1 Å². The molecule has 2 N–H and O–H groups in total. The summed E-state index contributed by atoms with van der Waals surface area (Å²) >= 11 is 6.12. The van der Waals surface area contributed by atoms with Gasteiger partial charge in [0.25, 0.3) is 11.8 Å². The molecule has 1 saturated carbocycles. The molecule has 1 aromatic heterocycles. The first-order valence-corrected chi connectivity index (χ1v) is 14.2. The highest BCUT2D eigenvalue weighted by Crippen LogP contribution is 2.28. The Morgan fingerprint density at radius 3 is 2.38 bits per heavy atom. The van der Waals surface area contributed by atoms with Crippen LogP contribution in [0.4, 0.5) is 0 Å². The number of carbonyl (C=O) groups is 3. The number of aromatic nitrogens is 1. The Hall–Kier alpha value is -3.97. The standard InChI is InChI=1S/C32H32ClN3O4/c1-2-25(29(37)32-35-26-13-6-7-14-27(26)40-32)34-31(39)28(21-9-4-3-5-10-21)36-30(38)22-17-15-20(16-18-22)23-11-8-12-24(33)19-23/h6-8,11-19,21,25,28H,2-5,9-10H2,1H3,(H,34,39)(H,36,38)/t25-,28-/m0/s1. The summed E-state index contributed by atoms with van der Waals surface area (Å²) in [5.74, 6) is -1.14. The number of nitrogens with zero attached hydrogens (tertiary/aromatic N) is 1. The van der Waals surface area contributed by atoms with Crippen molar-refractivity contribution in [1.82, 2.24) is 15.6 Å². The van der Waals surface area contributed by atoms with E-state index in [1.807, 2.05) is 55.5 Å². The van der Waals surface area contributed by atoms with Crippen molar-refractivity contribution in [3.63, 3.8) is 0 Å². The molecule has 4 aromatic rings. The molecule has 7 nitrogen and oxygen atoms in total. The zero-order valence-electron chi connectivity index (χ0n) is 22.4. The minimum atomic E-state index is -0.819. The molecule has 40 heavy (non-hydrogen) atoms. The van der Waals surface area contributed by atoms with E-state index >= 15 is 0 Å². The highest BCUT2D eigenvalue weighted by molar-refractivity contribution is 6.30. The number of hydrogen-bond donors (Lipinski definition) is 2. The highest BCUT2D eigenvalue weighted by Gasteiger charge is 2.34. The number of halogens is 1. The third-order valence-electron chi connectivity index (χ3n) is 7.54. The van der Waals surface area contributed by atoms with Gasteiger partial charge in [-0.05, 0) is 72.7 Å². The van der Waals surface area contributed by atoms with E-state index in [9.17, 15) is 14.4 Å². The number of amides is 2. The molecule has 1 aliphatic carbocycles. The van der Waals surface area contributed by atoms with Crippen molar-refractivity contribution in [2.45, 2.75) is 57.5 Å². The first-order chi connectivity index (χ1) is 19.4. The van der Waals surface area contributed by atoms with Gasteiger partial charge in [0.15, 0.2) is 5.58 Å². The minimum absolute atomic E-state index is 0.0135. The molecular weight excluding hydrogens is 526 g/mol. The lowest BCUT2D eigenvalue weighted by Gasteiger charge is -2.31. The predicted molar refractivity (Wildman–Crippen MR) is 155 cm³/mol. The fraction of sp³-hybridized carbons (Fsp3) is 0.312. The quantitative estimate of drug-likeness (QED) is 0.226.